The third kappa shape index (κ3) is 4.98. The van der Waals surface area contributed by atoms with Gasteiger partial charge in [0.15, 0.2) is 0 Å². The smallest absolute Gasteiger partial charge is 0.0861 e. The normalized spacial score (nSPS) is 14.4. The molecule has 0 saturated carbocycles. The number of nitrogens with one attached hydrogen (secondary N) is 1. The molecule has 0 amide bonds. The van der Waals surface area contributed by atoms with Crippen LogP contribution in [0.4, 0.5) is 0 Å². The van der Waals surface area contributed by atoms with Crippen LogP contribution in [0, 0.1) is 0 Å². The van der Waals surface area contributed by atoms with Gasteiger partial charge in [-0.15, -0.1) is 0 Å². The number of benzene rings is 1. The number of hydrogen-bond acceptors (Lipinski definition) is 4. The molecule has 0 bridgehead atoms. The highest BCUT2D eigenvalue weighted by Gasteiger charge is 2.10. The molecule has 3 N–H and O–H groups in total. The molecule has 4 heteroatoms. The maximum Gasteiger partial charge on any atom is 0.0861 e. The monoisotopic (exact) mass is 269 g/mol. The lowest BCUT2D eigenvalue weighted by Gasteiger charge is -2.17. The van der Waals surface area contributed by atoms with E-state index in [1.54, 1.807) is 11.8 Å². The molecule has 2 unspecified atom stereocenters. The Kier molecular flexibility index (Phi) is 7.35. The molecule has 18 heavy (non-hydrogen) atoms. The van der Waals surface area contributed by atoms with E-state index in [9.17, 15) is 5.11 Å². The lowest BCUT2D eigenvalue weighted by atomic mass is 10.1. The van der Waals surface area contributed by atoms with Crippen LogP contribution in [0.1, 0.15) is 24.1 Å². The van der Waals surface area contributed by atoms with E-state index in [0.29, 0.717) is 5.75 Å². The summed E-state index contributed by atoms with van der Waals surface area (Å²) in [5.41, 5.74) is 2.61. The zero-order chi connectivity index (χ0) is 13.4. The topological polar surface area (TPSA) is 52.5 Å². The molecule has 0 radical (unpaired) electrons. The van der Waals surface area contributed by atoms with Crippen molar-refractivity contribution in [1.29, 1.82) is 0 Å². The van der Waals surface area contributed by atoms with E-state index in [2.05, 4.69) is 36.5 Å². The Bertz CT molecular complexity index is 329. The number of aliphatic hydroxyl groups excluding tert-OH is 2. The first-order valence-electron chi connectivity index (χ1n) is 6.34. The second kappa shape index (κ2) is 8.53. The van der Waals surface area contributed by atoms with Gasteiger partial charge < -0.3 is 15.5 Å². The maximum atomic E-state index is 9.29. The molecular weight excluding hydrogens is 246 g/mol. The van der Waals surface area contributed by atoms with Crippen LogP contribution in [0.5, 0.6) is 0 Å². The van der Waals surface area contributed by atoms with Crippen molar-refractivity contribution in [1.82, 2.24) is 5.32 Å². The maximum absolute atomic E-state index is 9.29. The summed E-state index contributed by atoms with van der Waals surface area (Å²) in [4.78, 5) is 0. The number of aliphatic hydroxyl groups is 2. The lowest BCUT2D eigenvalue weighted by molar-refractivity contribution is 0.113. The second-order valence-electron chi connectivity index (χ2n) is 4.31. The first kappa shape index (κ1) is 15.5. The molecule has 1 rings (SSSR count). The molecule has 0 aliphatic heterocycles. The van der Waals surface area contributed by atoms with Crippen LogP contribution in [0.2, 0.25) is 0 Å². The summed E-state index contributed by atoms with van der Waals surface area (Å²) < 4.78 is 0. The van der Waals surface area contributed by atoms with Gasteiger partial charge in [0.2, 0.25) is 0 Å². The minimum absolute atomic E-state index is 0.164. The molecule has 0 fully saturated rings. The van der Waals surface area contributed by atoms with Crippen LogP contribution < -0.4 is 5.32 Å². The highest BCUT2D eigenvalue weighted by atomic mass is 32.2. The van der Waals surface area contributed by atoms with E-state index >= 15 is 0 Å². The summed E-state index contributed by atoms with van der Waals surface area (Å²) >= 11 is 1.65. The van der Waals surface area contributed by atoms with Crippen LogP contribution in [0.3, 0.4) is 0 Å². The quantitative estimate of drug-likeness (QED) is 0.671. The Morgan fingerprint density at radius 3 is 2.39 bits per heavy atom. The van der Waals surface area contributed by atoms with E-state index in [4.69, 9.17) is 5.11 Å². The third-order valence-corrected chi connectivity index (χ3v) is 4.13. The lowest BCUT2D eigenvalue weighted by Crippen LogP contribution is -2.21. The van der Waals surface area contributed by atoms with Gasteiger partial charge in [-0.05, 0) is 24.6 Å². The molecule has 0 aliphatic carbocycles. The molecule has 0 heterocycles. The summed E-state index contributed by atoms with van der Waals surface area (Å²) in [5, 5.41) is 21.3. The van der Waals surface area contributed by atoms with Gasteiger partial charge in [-0.25, -0.2) is 0 Å². The van der Waals surface area contributed by atoms with Crippen LogP contribution in [0.25, 0.3) is 0 Å². The van der Waals surface area contributed by atoms with E-state index < -0.39 is 6.10 Å². The Hall–Kier alpha value is -0.550. The fourth-order valence-corrected chi connectivity index (χ4v) is 2.81. The fourth-order valence-electron chi connectivity index (χ4n) is 1.71. The first-order chi connectivity index (χ1) is 8.71. The van der Waals surface area contributed by atoms with Crippen molar-refractivity contribution in [3.63, 3.8) is 0 Å². The summed E-state index contributed by atoms with van der Waals surface area (Å²) in [6.45, 7) is 1.99. The van der Waals surface area contributed by atoms with E-state index in [1.165, 1.54) is 11.1 Å². The van der Waals surface area contributed by atoms with Crippen molar-refractivity contribution in [2.24, 2.45) is 0 Å². The second-order valence-corrected chi connectivity index (χ2v) is 5.39. The highest BCUT2D eigenvalue weighted by molar-refractivity contribution is 7.99. The predicted molar refractivity (Wildman–Crippen MR) is 78.0 cm³/mol. The minimum atomic E-state index is -0.616. The molecule has 102 valence electrons. The molecule has 1 aromatic carbocycles. The molecule has 0 aromatic heterocycles. The third-order valence-electron chi connectivity index (χ3n) is 2.94. The molecule has 2 atom stereocenters. The van der Waals surface area contributed by atoms with Crippen molar-refractivity contribution < 1.29 is 10.2 Å². The number of rotatable bonds is 8. The molecule has 0 saturated heterocycles. The SMILES string of the molecule is CCc1ccc(C(CSCC(O)CO)NC)cc1. The summed E-state index contributed by atoms with van der Waals surface area (Å²) in [6, 6.07) is 8.91. The predicted octanol–water partition coefficient (Wildman–Crippen LogP) is 1.60. The summed E-state index contributed by atoms with van der Waals surface area (Å²) in [7, 11) is 1.95. The van der Waals surface area contributed by atoms with Crippen LogP contribution >= 0.6 is 11.8 Å². The van der Waals surface area contributed by atoms with Gasteiger partial charge in [0.05, 0.1) is 12.7 Å². The zero-order valence-electron chi connectivity index (χ0n) is 11.1. The molecule has 0 spiro atoms. The van der Waals surface area contributed by atoms with Crippen molar-refractivity contribution in [2.75, 3.05) is 25.2 Å². The van der Waals surface area contributed by atoms with Crippen molar-refractivity contribution in [3.8, 4) is 0 Å². The van der Waals surface area contributed by atoms with Crippen molar-refractivity contribution in [3.05, 3.63) is 35.4 Å². The molecule has 1 aromatic rings. The standard InChI is InChI=1S/C14H23NO2S/c1-3-11-4-6-12(7-5-11)14(15-2)10-18-9-13(17)8-16/h4-7,13-17H,3,8-10H2,1-2H3. The van der Waals surface area contributed by atoms with Gasteiger partial charge in [0.25, 0.3) is 0 Å². The highest BCUT2D eigenvalue weighted by Crippen LogP contribution is 2.19. The molecule has 3 nitrogen and oxygen atoms in total. The Morgan fingerprint density at radius 1 is 1.22 bits per heavy atom. The van der Waals surface area contributed by atoms with Crippen LogP contribution in [0.15, 0.2) is 24.3 Å². The van der Waals surface area contributed by atoms with Crippen molar-refractivity contribution >= 4 is 11.8 Å². The Balaban J connectivity index is 2.49. The van der Waals surface area contributed by atoms with Crippen LogP contribution in [-0.2, 0) is 6.42 Å². The average molecular weight is 269 g/mol. The van der Waals surface area contributed by atoms with Crippen LogP contribution in [-0.4, -0.2) is 41.5 Å². The van der Waals surface area contributed by atoms with Gasteiger partial charge in [-0.1, -0.05) is 31.2 Å². The van der Waals surface area contributed by atoms with Gasteiger partial charge >= 0.3 is 0 Å². The number of hydrogen-bond donors (Lipinski definition) is 3. The molecule has 0 aliphatic rings. The fraction of sp³-hybridized carbons (Fsp3) is 0.571. The number of thioether (sulfide) groups is 1. The van der Waals surface area contributed by atoms with E-state index in [0.717, 1.165) is 12.2 Å². The summed E-state index contributed by atoms with van der Waals surface area (Å²) in [6.07, 6.45) is 0.442. The number of aryl methyl sites for hydroxylation is 1. The average Bonchev–Trinajstić information content (AvgIpc) is 2.43. The zero-order valence-corrected chi connectivity index (χ0v) is 11.9. The van der Waals surface area contributed by atoms with Gasteiger partial charge in [0, 0.05) is 17.5 Å². The van der Waals surface area contributed by atoms with Gasteiger partial charge in [-0.3, -0.25) is 0 Å². The van der Waals surface area contributed by atoms with E-state index in [1.807, 2.05) is 7.05 Å². The summed E-state index contributed by atoms with van der Waals surface area (Å²) in [5.74, 6) is 1.46. The largest absolute Gasteiger partial charge is 0.394 e. The molecular formula is C14H23NO2S. The van der Waals surface area contributed by atoms with Crippen molar-refractivity contribution in [2.45, 2.75) is 25.5 Å². The van der Waals surface area contributed by atoms with Gasteiger partial charge in [-0.2, -0.15) is 11.8 Å². The Labute approximate surface area is 114 Å². The van der Waals surface area contributed by atoms with Gasteiger partial charge in [0.1, 0.15) is 0 Å². The van der Waals surface area contributed by atoms with E-state index in [-0.39, 0.29) is 12.6 Å². The minimum Gasteiger partial charge on any atom is -0.394 e. The first-order valence-corrected chi connectivity index (χ1v) is 7.49. The Morgan fingerprint density at radius 2 is 1.89 bits per heavy atom.